The predicted octanol–water partition coefficient (Wildman–Crippen LogP) is 1.33. The molecule has 1 atom stereocenters. The van der Waals surface area contributed by atoms with Crippen LogP contribution in [-0.2, 0) is 9.53 Å². The molecule has 0 N–H and O–H groups in total. The number of esters is 1. The molecule has 0 saturated carbocycles. The van der Waals surface area contributed by atoms with Gasteiger partial charge in [-0.05, 0) is 6.42 Å². The van der Waals surface area contributed by atoms with E-state index in [1.807, 2.05) is 6.92 Å². The maximum atomic E-state index is 10.5. The lowest BCUT2D eigenvalue weighted by Crippen LogP contribution is -2.13. The zero-order valence-corrected chi connectivity index (χ0v) is 6.56. The van der Waals surface area contributed by atoms with Gasteiger partial charge in [0.05, 0.1) is 7.11 Å². The number of hydrogen-bond acceptors (Lipinski definition) is 2. The van der Waals surface area contributed by atoms with Crippen molar-refractivity contribution in [2.45, 2.75) is 18.2 Å². The van der Waals surface area contributed by atoms with Crippen molar-refractivity contribution in [2.24, 2.45) is 0 Å². The number of halogens is 1. The molecular formula is C5H9BrO2. The lowest BCUT2D eigenvalue weighted by molar-refractivity contribution is -0.139. The minimum Gasteiger partial charge on any atom is -0.468 e. The highest BCUT2D eigenvalue weighted by molar-refractivity contribution is 9.10. The Bertz CT molecular complexity index is 82.5. The van der Waals surface area contributed by atoms with Crippen molar-refractivity contribution in [3.8, 4) is 0 Å². The van der Waals surface area contributed by atoms with Crippen molar-refractivity contribution >= 4 is 21.9 Å². The van der Waals surface area contributed by atoms with Crippen molar-refractivity contribution < 1.29 is 9.53 Å². The Balaban J connectivity index is 3.46. The molecule has 0 saturated heterocycles. The van der Waals surface area contributed by atoms with E-state index in [2.05, 4.69) is 20.7 Å². The minimum atomic E-state index is -0.201. The van der Waals surface area contributed by atoms with Gasteiger partial charge < -0.3 is 4.74 Å². The molecule has 3 heteroatoms. The monoisotopic (exact) mass is 180 g/mol. The molecule has 0 aromatic rings. The van der Waals surface area contributed by atoms with Crippen LogP contribution in [0.5, 0.6) is 0 Å². The fraction of sp³-hybridized carbons (Fsp3) is 0.800. The number of rotatable bonds is 2. The van der Waals surface area contributed by atoms with Crippen LogP contribution in [0.15, 0.2) is 0 Å². The Morgan fingerprint density at radius 1 is 1.88 bits per heavy atom. The maximum Gasteiger partial charge on any atom is 0.319 e. The van der Waals surface area contributed by atoms with E-state index in [4.69, 9.17) is 0 Å². The zero-order chi connectivity index (χ0) is 6.57. The van der Waals surface area contributed by atoms with Crippen LogP contribution >= 0.6 is 15.9 Å². The van der Waals surface area contributed by atoms with Crippen LogP contribution in [0, 0.1) is 0 Å². The first-order valence-corrected chi connectivity index (χ1v) is 3.35. The van der Waals surface area contributed by atoms with E-state index in [0.29, 0.717) is 0 Å². The van der Waals surface area contributed by atoms with Crippen LogP contribution < -0.4 is 0 Å². The van der Waals surface area contributed by atoms with Gasteiger partial charge in [-0.2, -0.15) is 0 Å². The topological polar surface area (TPSA) is 26.3 Å². The van der Waals surface area contributed by atoms with Crippen LogP contribution in [0.2, 0.25) is 0 Å². The third-order valence-corrected chi connectivity index (χ3v) is 1.84. The summed E-state index contributed by atoms with van der Waals surface area (Å²) < 4.78 is 4.42. The second-order valence-electron chi connectivity index (χ2n) is 1.40. The standard InChI is InChI=1S/C5H9BrO2/c1-3-4(6)5(7)8-2/h4H,3H2,1-2H3/t4-/m0/s1. The van der Waals surface area contributed by atoms with Gasteiger partial charge in [0.2, 0.25) is 0 Å². The number of ether oxygens (including phenoxy) is 1. The second-order valence-corrected chi connectivity index (χ2v) is 2.50. The Morgan fingerprint density at radius 2 is 2.38 bits per heavy atom. The van der Waals surface area contributed by atoms with Gasteiger partial charge in [-0.3, -0.25) is 4.79 Å². The van der Waals surface area contributed by atoms with Gasteiger partial charge in [0, 0.05) is 0 Å². The number of carbonyl (C=O) groups is 1. The zero-order valence-electron chi connectivity index (χ0n) is 4.98. The highest BCUT2D eigenvalue weighted by atomic mass is 79.9. The normalized spacial score (nSPS) is 12.9. The molecule has 2 nitrogen and oxygen atoms in total. The molecular weight excluding hydrogens is 172 g/mol. The number of methoxy groups -OCH3 is 1. The average Bonchev–Trinajstić information content (AvgIpc) is 1.84. The van der Waals surface area contributed by atoms with Crippen LogP contribution in [-0.4, -0.2) is 17.9 Å². The summed E-state index contributed by atoms with van der Waals surface area (Å²) in [5.41, 5.74) is 0. The van der Waals surface area contributed by atoms with Gasteiger partial charge in [-0.25, -0.2) is 0 Å². The summed E-state index contributed by atoms with van der Waals surface area (Å²) in [6, 6.07) is 0. The van der Waals surface area contributed by atoms with Gasteiger partial charge in [0.1, 0.15) is 4.83 Å². The Labute approximate surface area is 57.3 Å². The van der Waals surface area contributed by atoms with E-state index in [1.54, 1.807) is 0 Å². The Hall–Kier alpha value is -0.0500. The number of hydrogen-bond donors (Lipinski definition) is 0. The molecule has 0 heterocycles. The summed E-state index contributed by atoms with van der Waals surface area (Å²) in [5, 5.41) is 0. The molecule has 8 heavy (non-hydrogen) atoms. The van der Waals surface area contributed by atoms with E-state index in [-0.39, 0.29) is 10.8 Å². The van der Waals surface area contributed by atoms with Gasteiger partial charge in [0.25, 0.3) is 0 Å². The fourth-order valence-electron chi connectivity index (χ4n) is 0.295. The summed E-state index contributed by atoms with van der Waals surface area (Å²) in [7, 11) is 1.38. The van der Waals surface area contributed by atoms with Gasteiger partial charge in [0.15, 0.2) is 0 Å². The van der Waals surface area contributed by atoms with Gasteiger partial charge in [-0.1, -0.05) is 22.9 Å². The van der Waals surface area contributed by atoms with Crippen LogP contribution in [0.3, 0.4) is 0 Å². The minimum absolute atomic E-state index is 0.132. The quantitative estimate of drug-likeness (QED) is 0.474. The molecule has 0 aliphatic heterocycles. The van der Waals surface area contributed by atoms with Crippen molar-refractivity contribution in [1.29, 1.82) is 0 Å². The Kier molecular flexibility index (Phi) is 3.87. The van der Waals surface area contributed by atoms with E-state index in [0.717, 1.165) is 6.42 Å². The summed E-state index contributed by atoms with van der Waals surface area (Å²) in [6.45, 7) is 1.91. The summed E-state index contributed by atoms with van der Waals surface area (Å²) >= 11 is 3.13. The molecule has 0 bridgehead atoms. The van der Waals surface area contributed by atoms with E-state index in [1.165, 1.54) is 7.11 Å². The van der Waals surface area contributed by atoms with Crippen molar-refractivity contribution in [1.82, 2.24) is 0 Å². The smallest absolute Gasteiger partial charge is 0.319 e. The second kappa shape index (κ2) is 3.89. The summed E-state index contributed by atoms with van der Waals surface area (Å²) in [6.07, 6.45) is 0.771. The van der Waals surface area contributed by atoms with E-state index < -0.39 is 0 Å². The van der Waals surface area contributed by atoms with Crippen molar-refractivity contribution in [3.63, 3.8) is 0 Å². The molecule has 0 aliphatic carbocycles. The molecule has 0 amide bonds. The maximum absolute atomic E-state index is 10.5. The van der Waals surface area contributed by atoms with Gasteiger partial charge >= 0.3 is 5.97 Å². The molecule has 0 fully saturated rings. The lowest BCUT2D eigenvalue weighted by Gasteiger charge is -2.00. The van der Waals surface area contributed by atoms with Crippen molar-refractivity contribution in [3.05, 3.63) is 0 Å². The lowest BCUT2D eigenvalue weighted by atomic mass is 10.3. The fourth-order valence-corrected chi connectivity index (χ4v) is 0.481. The largest absolute Gasteiger partial charge is 0.468 e. The highest BCUT2D eigenvalue weighted by Crippen LogP contribution is 2.04. The Morgan fingerprint density at radius 3 is 2.50 bits per heavy atom. The summed E-state index contributed by atoms with van der Waals surface area (Å²) in [4.78, 5) is 10.3. The first-order chi connectivity index (χ1) is 3.72. The SMILES string of the molecule is CC[C@H](Br)C(=O)OC. The molecule has 0 rings (SSSR count). The molecule has 0 aromatic carbocycles. The number of alkyl halides is 1. The molecule has 48 valence electrons. The third-order valence-electron chi connectivity index (χ3n) is 0.815. The molecule has 0 aromatic heterocycles. The van der Waals surface area contributed by atoms with Gasteiger partial charge in [-0.15, -0.1) is 0 Å². The highest BCUT2D eigenvalue weighted by Gasteiger charge is 2.10. The molecule has 0 unspecified atom stereocenters. The van der Waals surface area contributed by atoms with Crippen molar-refractivity contribution in [2.75, 3.05) is 7.11 Å². The van der Waals surface area contributed by atoms with E-state index >= 15 is 0 Å². The average molecular weight is 181 g/mol. The molecule has 0 radical (unpaired) electrons. The van der Waals surface area contributed by atoms with Crippen LogP contribution in [0.4, 0.5) is 0 Å². The summed E-state index contributed by atoms with van der Waals surface area (Å²) in [5.74, 6) is -0.201. The third kappa shape index (κ3) is 2.31. The first kappa shape index (κ1) is 7.95. The predicted molar refractivity (Wildman–Crippen MR) is 35.0 cm³/mol. The molecule has 0 aliphatic rings. The van der Waals surface area contributed by atoms with E-state index in [9.17, 15) is 4.79 Å². The van der Waals surface area contributed by atoms with Crippen LogP contribution in [0.25, 0.3) is 0 Å². The van der Waals surface area contributed by atoms with Crippen LogP contribution in [0.1, 0.15) is 13.3 Å². The first-order valence-electron chi connectivity index (χ1n) is 2.44. The number of carbonyl (C=O) groups excluding carboxylic acids is 1. The molecule has 0 spiro atoms.